The number of primary amides is 1. The van der Waals surface area contributed by atoms with E-state index >= 15 is 0 Å². The third-order valence-corrected chi connectivity index (χ3v) is 3.81. The average Bonchev–Trinajstić information content (AvgIpc) is 2.54. The lowest BCUT2D eigenvalue weighted by Gasteiger charge is -2.24. The summed E-state index contributed by atoms with van der Waals surface area (Å²) >= 11 is 0. The largest absolute Gasteiger partial charge is 0.366 e. The lowest BCUT2D eigenvalue weighted by Crippen LogP contribution is -2.30. The van der Waals surface area contributed by atoms with Crippen LogP contribution in [0.4, 0.5) is 15.8 Å². The molecule has 1 unspecified atom stereocenters. The molecule has 6 nitrogen and oxygen atoms in total. The summed E-state index contributed by atoms with van der Waals surface area (Å²) in [6.45, 7) is 0. The Hall–Kier alpha value is -3.22. The Morgan fingerprint density at radius 1 is 1.17 bits per heavy atom. The first-order valence-corrected chi connectivity index (χ1v) is 7.24. The molecular weight excluding hydrogens is 313 g/mol. The van der Waals surface area contributed by atoms with Crippen molar-refractivity contribution < 1.29 is 18.8 Å². The van der Waals surface area contributed by atoms with Crippen molar-refractivity contribution in [1.29, 1.82) is 0 Å². The molecule has 0 bridgehead atoms. The van der Waals surface area contributed by atoms with Crippen LogP contribution < -0.4 is 16.4 Å². The van der Waals surface area contributed by atoms with Gasteiger partial charge in [0.15, 0.2) is 0 Å². The van der Waals surface area contributed by atoms with Crippen LogP contribution in [0.1, 0.15) is 28.3 Å². The van der Waals surface area contributed by atoms with Gasteiger partial charge in [-0.2, -0.15) is 0 Å². The van der Waals surface area contributed by atoms with Crippen LogP contribution in [-0.2, 0) is 9.59 Å². The van der Waals surface area contributed by atoms with E-state index in [1.807, 2.05) is 0 Å². The van der Waals surface area contributed by atoms with Gasteiger partial charge in [0.2, 0.25) is 17.7 Å². The van der Waals surface area contributed by atoms with E-state index in [1.165, 1.54) is 30.3 Å². The van der Waals surface area contributed by atoms with Crippen molar-refractivity contribution in [3.63, 3.8) is 0 Å². The summed E-state index contributed by atoms with van der Waals surface area (Å²) in [6.07, 6.45) is -0.0240. The molecule has 0 saturated carbocycles. The number of benzene rings is 2. The van der Waals surface area contributed by atoms with Crippen molar-refractivity contribution >= 4 is 29.1 Å². The number of halogens is 1. The topological polar surface area (TPSA) is 101 Å². The SMILES string of the molecule is NC(=O)c1ccc(NC(=O)C2CC(=O)Nc3cc(F)ccc32)cc1. The third kappa shape index (κ3) is 3.10. The van der Waals surface area contributed by atoms with Gasteiger partial charge < -0.3 is 16.4 Å². The normalized spacial score (nSPS) is 16.0. The van der Waals surface area contributed by atoms with Gasteiger partial charge in [0, 0.05) is 23.4 Å². The Kier molecular flexibility index (Phi) is 3.99. The summed E-state index contributed by atoms with van der Waals surface area (Å²) in [4.78, 5) is 35.3. The summed E-state index contributed by atoms with van der Waals surface area (Å²) in [7, 11) is 0. The van der Waals surface area contributed by atoms with E-state index < -0.39 is 17.6 Å². The molecule has 0 spiro atoms. The fourth-order valence-electron chi connectivity index (χ4n) is 2.62. The molecule has 3 amide bonds. The van der Waals surface area contributed by atoms with Gasteiger partial charge in [0.05, 0.1) is 5.92 Å². The van der Waals surface area contributed by atoms with Crippen molar-refractivity contribution in [1.82, 2.24) is 0 Å². The Morgan fingerprint density at radius 2 is 1.88 bits per heavy atom. The number of carbonyl (C=O) groups is 3. The highest BCUT2D eigenvalue weighted by Crippen LogP contribution is 2.33. The van der Waals surface area contributed by atoms with Crippen LogP contribution in [0.2, 0.25) is 0 Å². The molecule has 122 valence electrons. The zero-order chi connectivity index (χ0) is 17.3. The molecule has 7 heteroatoms. The summed E-state index contributed by atoms with van der Waals surface area (Å²) < 4.78 is 13.3. The number of anilines is 2. The number of carbonyl (C=O) groups excluding carboxylic acids is 3. The van der Waals surface area contributed by atoms with Gasteiger partial charge in [-0.1, -0.05) is 6.07 Å². The minimum atomic E-state index is -0.717. The molecule has 1 heterocycles. The predicted octanol–water partition coefficient (Wildman–Crippen LogP) is 1.99. The van der Waals surface area contributed by atoms with Gasteiger partial charge in [0.25, 0.3) is 0 Å². The summed E-state index contributed by atoms with van der Waals surface area (Å²) in [5, 5.41) is 5.25. The second-order valence-corrected chi connectivity index (χ2v) is 5.47. The monoisotopic (exact) mass is 327 g/mol. The smallest absolute Gasteiger partial charge is 0.248 e. The highest BCUT2D eigenvalue weighted by Gasteiger charge is 2.31. The van der Waals surface area contributed by atoms with E-state index in [1.54, 1.807) is 12.1 Å². The molecule has 0 aliphatic carbocycles. The van der Waals surface area contributed by atoms with Crippen molar-refractivity contribution in [3.8, 4) is 0 Å². The van der Waals surface area contributed by atoms with Crippen molar-refractivity contribution in [2.75, 3.05) is 10.6 Å². The quantitative estimate of drug-likeness (QED) is 0.803. The molecule has 0 saturated heterocycles. The lowest BCUT2D eigenvalue weighted by molar-refractivity contribution is -0.123. The molecule has 0 radical (unpaired) electrons. The maximum atomic E-state index is 13.3. The Labute approximate surface area is 136 Å². The van der Waals surface area contributed by atoms with Gasteiger partial charge >= 0.3 is 0 Å². The number of hydrogen-bond acceptors (Lipinski definition) is 3. The van der Waals surface area contributed by atoms with E-state index in [0.717, 1.165) is 0 Å². The van der Waals surface area contributed by atoms with E-state index in [2.05, 4.69) is 10.6 Å². The highest BCUT2D eigenvalue weighted by molar-refractivity contribution is 6.05. The van der Waals surface area contributed by atoms with Crippen LogP contribution in [0.15, 0.2) is 42.5 Å². The number of fused-ring (bicyclic) bond motifs is 1. The lowest BCUT2D eigenvalue weighted by atomic mass is 9.89. The van der Waals surface area contributed by atoms with Crippen molar-refractivity contribution in [2.24, 2.45) is 5.73 Å². The van der Waals surface area contributed by atoms with E-state index in [0.29, 0.717) is 22.5 Å². The first kappa shape index (κ1) is 15.7. The third-order valence-electron chi connectivity index (χ3n) is 3.81. The fourth-order valence-corrected chi connectivity index (χ4v) is 2.62. The van der Waals surface area contributed by atoms with Crippen molar-refractivity contribution in [2.45, 2.75) is 12.3 Å². The van der Waals surface area contributed by atoms with Gasteiger partial charge in [-0.25, -0.2) is 4.39 Å². The molecular formula is C17H14FN3O3. The van der Waals surface area contributed by atoms with E-state index in [4.69, 9.17) is 5.73 Å². The van der Waals surface area contributed by atoms with Crippen LogP contribution in [0.3, 0.4) is 0 Å². The maximum absolute atomic E-state index is 13.3. The number of rotatable bonds is 3. The summed E-state index contributed by atoms with van der Waals surface area (Å²) in [6, 6.07) is 10.0. The molecule has 1 atom stereocenters. The summed E-state index contributed by atoms with van der Waals surface area (Å²) in [5.41, 5.74) is 6.82. The first-order chi connectivity index (χ1) is 11.4. The number of amides is 3. The standard InChI is InChI=1S/C17H14FN3O3/c18-10-3-6-12-13(8-15(22)21-14(12)7-10)17(24)20-11-4-1-9(2-5-11)16(19)23/h1-7,13H,8H2,(H2,19,23)(H,20,24)(H,21,22). The van der Waals surface area contributed by atoms with E-state index in [9.17, 15) is 18.8 Å². The second-order valence-electron chi connectivity index (χ2n) is 5.47. The average molecular weight is 327 g/mol. The molecule has 0 fully saturated rings. The number of nitrogens with one attached hydrogen (secondary N) is 2. The molecule has 1 aliphatic rings. The Balaban J connectivity index is 1.82. The van der Waals surface area contributed by atoms with Crippen LogP contribution >= 0.6 is 0 Å². The molecule has 0 aromatic heterocycles. The molecule has 4 N–H and O–H groups in total. The molecule has 3 rings (SSSR count). The van der Waals surface area contributed by atoms with E-state index in [-0.39, 0.29) is 18.2 Å². The number of hydrogen-bond donors (Lipinski definition) is 3. The van der Waals surface area contributed by atoms with Gasteiger partial charge in [0.1, 0.15) is 5.82 Å². The van der Waals surface area contributed by atoms with Gasteiger partial charge in [-0.3, -0.25) is 14.4 Å². The maximum Gasteiger partial charge on any atom is 0.248 e. The zero-order valence-corrected chi connectivity index (χ0v) is 12.5. The molecule has 2 aromatic rings. The minimum Gasteiger partial charge on any atom is -0.366 e. The molecule has 1 aliphatic heterocycles. The van der Waals surface area contributed by atoms with Gasteiger partial charge in [-0.15, -0.1) is 0 Å². The van der Waals surface area contributed by atoms with Crippen LogP contribution in [0.25, 0.3) is 0 Å². The van der Waals surface area contributed by atoms with Crippen LogP contribution in [0, 0.1) is 5.82 Å². The van der Waals surface area contributed by atoms with Crippen LogP contribution in [0.5, 0.6) is 0 Å². The Morgan fingerprint density at radius 3 is 2.54 bits per heavy atom. The highest BCUT2D eigenvalue weighted by atomic mass is 19.1. The Bertz CT molecular complexity index is 833. The van der Waals surface area contributed by atoms with Gasteiger partial charge in [-0.05, 0) is 42.0 Å². The fraction of sp³-hybridized carbons (Fsp3) is 0.118. The van der Waals surface area contributed by atoms with Crippen molar-refractivity contribution in [3.05, 3.63) is 59.4 Å². The molecule has 24 heavy (non-hydrogen) atoms. The minimum absolute atomic E-state index is 0.0240. The summed E-state index contributed by atoms with van der Waals surface area (Å²) in [5.74, 6) is -2.50. The second kappa shape index (κ2) is 6.11. The van der Waals surface area contributed by atoms with Crippen LogP contribution in [-0.4, -0.2) is 17.7 Å². The molecule has 2 aromatic carbocycles. The predicted molar refractivity (Wildman–Crippen MR) is 86.0 cm³/mol. The zero-order valence-electron chi connectivity index (χ0n) is 12.5. The number of nitrogens with two attached hydrogens (primary N) is 1. The first-order valence-electron chi connectivity index (χ1n) is 7.24.